The molecular formula is C23H27N3OS. The van der Waals surface area contributed by atoms with Gasteiger partial charge in [0.05, 0.1) is 16.3 Å². The molecule has 1 fully saturated rings. The molecule has 0 unspecified atom stereocenters. The van der Waals surface area contributed by atoms with Crippen molar-refractivity contribution in [1.29, 1.82) is 0 Å². The van der Waals surface area contributed by atoms with Gasteiger partial charge in [-0.3, -0.25) is 4.79 Å². The number of hydrogen-bond donors (Lipinski definition) is 1. The minimum atomic E-state index is 0.0451. The number of anilines is 1. The lowest BCUT2D eigenvalue weighted by Gasteiger charge is -2.31. The molecule has 4 nitrogen and oxygen atoms in total. The summed E-state index contributed by atoms with van der Waals surface area (Å²) in [6.07, 6.45) is 2.80. The molecule has 1 aromatic heterocycles. The van der Waals surface area contributed by atoms with Crippen LogP contribution in [0.1, 0.15) is 43.9 Å². The van der Waals surface area contributed by atoms with E-state index in [2.05, 4.69) is 47.5 Å². The first kappa shape index (κ1) is 18.9. The van der Waals surface area contributed by atoms with Crippen LogP contribution in [0.4, 0.5) is 5.13 Å². The van der Waals surface area contributed by atoms with Crippen molar-refractivity contribution in [3.8, 4) is 0 Å². The highest BCUT2D eigenvalue weighted by molar-refractivity contribution is 7.22. The van der Waals surface area contributed by atoms with Crippen molar-refractivity contribution in [3.05, 3.63) is 59.7 Å². The Bertz CT molecular complexity index is 945. The molecule has 4 rings (SSSR count). The Labute approximate surface area is 170 Å². The van der Waals surface area contributed by atoms with E-state index in [1.165, 1.54) is 10.3 Å². The van der Waals surface area contributed by atoms with Crippen molar-refractivity contribution in [3.63, 3.8) is 0 Å². The van der Waals surface area contributed by atoms with Gasteiger partial charge in [-0.1, -0.05) is 54.7 Å². The van der Waals surface area contributed by atoms with Crippen molar-refractivity contribution in [2.75, 3.05) is 18.0 Å². The Hall–Kier alpha value is -2.40. The van der Waals surface area contributed by atoms with Crippen molar-refractivity contribution in [2.24, 2.45) is 5.92 Å². The molecule has 0 saturated carbocycles. The fourth-order valence-electron chi connectivity index (χ4n) is 3.80. The number of carbonyl (C=O) groups excluding carboxylic acids is 1. The predicted octanol–water partition coefficient (Wildman–Crippen LogP) is 4.95. The standard InChI is InChI=1S/C23H27N3OS/c1-3-17-9-10-20-21(15-17)28-23(25-20)26-13-11-19(12-14-26)22(27)24-16(2)18-7-5-4-6-8-18/h4-10,15-16,19H,3,11-14H2,1-2H3,(H,24,27)/t16-/m1/s1. The average molecular weight is 394 g/mol. The third-order valence-corrected chi connectivity index (χ3v) is 6.72. The van der Waals surface area contributed by atoms with E-state index in [9.17, 15) is 4.79 Å². The molecule has 0 radical (unpaired) electrons. The number of hydrogen-bond acceptors (Lipinski definition) is 4. The van der Waals surface area contributed by atoms with Crippen molar-refractivity contribution < 1.29 is 4.79 Å². The van der Waals surface area contributed by atoms with Gasteiger partial charge in [-0.15, -0.1) is 0 Å². The van der Waals surface area contributed by atoms with Gasteiger partial charge < -0.3 is 10.2 Å². The molecule has 2 heterocycles. The third kappa shape index (κ3) is 4.04. The monoisotopic (exact) mass is 393 g/mol. The molecule has 2 aromatic carbocycles. The number of thiazole rings is 1. The van der Waals surface area contributed by atoms with Crippen LogP contribution in [-0.4, -0.2) is 24.0 Å². The van der Waals surface area contributed by atoms with Crippen LogP contribution in [0.2, 0.25) is 0 Å². The predicted molar refractivity (Wildman–Crippen MR) is 117 cm³/mol. The molecule has 1 aliphatic heterocycles. The van der Waals surface area contributed by atoms with Crippen molar-refractivity contribution >= 4 is 32.6 Å². The van der Waals surface area contributed by atoms with Gasteiger partial charge in [0.1, 0.15) is 0 Å². The lowest BCUT2D eigenvalue weighted by molar-refractivity contribution is -0.126. The lowest BCUT2D eigenvalue weighted by Crippen LogP contribution is -2.41. The minimum Gasteiger partial charge on any atom is -0.349 e. The van der Waals surface area contributed by atoms with Crippen LogP contribution in [0.3, 0.4) is 0 Å². The summed E-state index contributed by atoms with van der Waals surface area (Å²) in [7, 11) is 0. The summed E-state index contributed by atoms with van der Waals surface area (Å²) in [6.45, 7) is 6.00. The summed E-state index contributed by atoms with van der Waals surface area (Å²) in [4.78, 5) is 19.8. The van der Waals surface area contributed by atoms with Gasteiger partial charge in [0, 0.05) is 19.0 Å². The normalized spacial score (nSPS) is 16.3. The Morgan fingerprint density at radius 3 is 2.68 bits per heavy atom. The Morgan fingerprint density at radius 2 is 1.96 bits per heavy atom. The smallest absolute Gasteiger partial charge is 0.223 e. The average Bonchev–Trinajstić information content (AvgIpc) is 3.17. The summed E-state index contributed by atoms with van der Waals surface area (Å²) < 4.78 is 1.26. The molecule has 1 amide bonds. The SMILES string of the molecule is CCc1ccc2nc(N3CCC(C(=O)N[C@H](C)c4ccccc4)CC3)sc2c1. The fourth-order valence-corrected chi connectivity index (χ4v) is 4.88. The maximum absolute atomic E-state index is 12.7. The zero-order chi connectivity index (χ0) is 19.5. The van der Waals surface area contributed by atoms with E-state index in [0.717, 1.165) is 48.6 Å². The highest BCUT2D eigenvalue weighted by Gasteiger charge is 2.27. The maximum Gasteiger partial charge on any atom is 0.223 e. The van der Waals surface area contributed by atoms with E-state index < -0.39 is 0 Å². The topological polar surface area (TPSA) is 45.2 Å². The number of aryl methyl sites for hydroxylation is 1. The number of carbonyl (C=O) groups is 1. The van der Waals surface area contributed by atoms with Gasteiger partial charge >= 0.3 is 0 Å². The highest BCUT2D eigenvalue weighted by atomic mass is 32.1. The second-order valence-electron chi connectivity index (χ2n) is 7.55. The van der Waals surface area contributed by atoms with Gasteiger partial charge in [-0.25, -0.2) is 4.98 Å². The summed E-state index contributed by atoms with van der Waals surface area (Å²) in [5.41, 5.74) is 3.58. The number of piperidine rings is 1. The number of aromatic nitrogens is 1. The highest BCUT2D eigenvalue weighted by Crippen LogP contribution is 2.32. The van der Waals surface area contributed by atoms with Gasteiger partial charge in [0.15, 0.2) is 5.13 Å². The molecule has 28 heavy (non-hydrogen) atoms. The van der Waals surface area contributed by atoms with E-state index in [0.29, 0.717) is 0 Å². The number of rotatable bonds is 5. The van der Waals surface area contributed by atoms with Crippen LogP contribution in [0.25, 0.3) is 10.2 Å². The van der Waals surface area contributed by atoms with Crippen molar-refractivity contribution in [1.82, 2.24) is 10.3 Å². The summed E-state index contributed by atoms with van der Waals surface area (Å²) in [6, 6.07) is 16.7. The number of amides is 1. The molecule has 0 bridgehead atoms. The summed E-state index contributed by atoms with van der Waals surface area (Å²) in [5.74, 6) is 0.261. The molecule has 146 valence electrons. The van der Waals surface area contributed by atoms with Gasteiger partial charge in [0.25, 0.3) is 0 Å². The first-order chi connectivity index (χ1) is 13.6. The molecular weight excluding hydrogens is 366 g/mol. The first-order valence-electron chi connectivity index (χ1n) is 10.1. The van der Waals surface area contributed by atoms with Gasteiger partial charge in [-0.05, 0) is 49.4 Å². The van der Waals surface area contributed by atoms with Crippen LogP contribution in [0, 0.1) is 5.92 Å². The number of nitrogens with zero attached hydrogens (tertiary/aromatic N) is 2. The molecule has 0 spiro atoms. The lowest BCUT2D eigenvalue weighted by atomic mass is 9.95. The molecule has 1 atom stereocenters. The van der Waals surface area contributed by atoms with Crippen LogP contribution in [-0.2, 0) is 11.2 Å². The molecule has 5 heteroatoms. The van der Waals surface area contributed by atoms with E-state index in [-0.39, 0.29) is 17.9 Å². The van der Waals surface area contributed by atoms with Crippen LogP contribution in [0.5, 0.6) is 0 Å². The Balaban J connectivity index is 1.36. The van der Waals surface area contributed by atoms with Gasteiger partial charge in [-0.2, -0.15) is 0 Å². The summed E-state index contributed by atoms with van der Waals surface area (Å²) in [5, 5.41) is 4.27. The molecule has 1 N–H and O–H groups in total. The second-order valence-corrected chi connectivity index (χ2v) is 8.56. The van der Waals surface area contributed by atoms with E-state index in [4.69, 9.17) is 4.98 Å². The molecule has 0 aliphatic carbocycles. The van der Waals surface area contributed by atoms with E-state index in [1.807, 2.05) is 25.1 Å². The number of nitrogens with one attached hydrogen (secondary N) is 1. The minimum absolute atomic E-state index is 0.0451. The van der Waals surface area contributed by atoms with E-state index >= 15 is 0 Å². The number of fused-ring (bicyclic) bond motifs is 1. The van der Waals surface area contributed by atoms with Crippen LogP contribution < -0.4 is 10.2 Å². The van der Waals surface area contributed by atoms with Gasteiger partial charge in [0.2, 0.25) is 5.91 Å². The molecule has 1 aliphatic rings. The second kappa shape index (κ2) is 8.31. The third-order valence-electron chi connectivity index (χ3n) is 5.64. The number of benzene rings is 2. The van der Waals surface area contributed by atoms with Crippen molar-refractivity contribution in [2.45, 2.75) is 39.2 Å². The maximum atomic E-state index is 12.7. The molecule has 3 aromatic rings. The Morgan fingerprint density at radius 1 is 1.21 bits per heavy atom. The van der Waals surface area contributed by atoms with Crippen LogP contribution in [0.15, 0.2) is 48.5 Å². The van der Waals surface area contributed by atoms with E-state index in [1.54, 1.807) is 11.3 Å². The first-order valence-corrected chi connectivity index (χ1v) is 11.0. The summed E-state index contributed by atoms with van der Waals surface area (Å²) >= 11 is 1.77. The van der Waals surface area contributed by atoms with Crippen LogP contribution >= 0.6 is 11.3 Å². The zero-order valence-corrected chi connectivity index (χ0v) is 17.3. The molecule has 1 saturated heterocycles. The quantitative estimate of drug-likeness (QED) is 0.667. The zero-order valence-electron chi connectivity index (χ0n) is 16.5. The Kier molecular flexibility index (Phi) is 5.62. The fraction of sp³-hybridized carbons (Fsp3) is 0.391. The largest absolute Gasteiger partial charge is 0.349 e.